The summed E-state index contributed by atoms with van der Waals surface area (Å²) < 4.78 is 0. The van der Waals surface area contributed by atoms with Gasteiger partial charge in [-0.3, -0.25) is 4.79 Å². The molecular formula is C14H18N2O. The van der Waals surface area contributed by atoms with Crippen molar-refractivity contribution in [2.45, 2.75) is 19.8 Å². The van der Waals surface area contributed by atoms with E-state index in [-0.39, 0.29) is 5.91 Å². The Morgan fingerprint density at radius 2 is 2.06 bits per heavy atom. The summed E-state index contributed by atoms with van der Waals surface area (Å²) in [6.45, 7) is 2.78. The van der Waals surface area contributed by atoms with Crippen molar-refractivity contribution in [2.75, 3.05) is 13.1 Å². The van der Waals surface area contributed by atoms with Crippen molar-refractivity contribution in [3.63, 3.8) is 0 Å². The first-order chi connectivity index (χ1) is 8.22. The number of benzene rings is 1. The van der Waals surface area contributed by atoms with E-state index in [2.05, 4.69) is 17.2 Å². The molecule has 0 bridgehead atoms. The van der Waals surface area contributed by atoms with Gasteiger partial charge in [-0.15, -0.1) is 0 Å². The molecule has 1 aromatic carbocycles. The molecule has 3 heteroatoms. The molecule has 0 unspecified atom stereocenters. The quantitative estimate of drug-likeness (QED) is 0.600. The standard InChI is InChI=1S/C14H18N2O/c1-12(17)16-11-3-2-4-13-5-7-14(8-6-13)9-10-15/h5-8H,3,9-11,15H2,1H3,(H,16,17). The Balaban J connectivity index is 2.40. The number of amides is 1. The predicted octanol–water partition coefficient (Wildman–Crippen LogP) is 1.07. The molecule has 90 valence electrons. The van der Waals surface area contributed by atoms with E-state index in [0.29, 0.717) is 19.5 Å². The van der Waals surface area contributed by atoms with Gasteiger partial charge in [0.05, 0.1) is 0 Å². The van der Waals surface area contributed by atoms with E-state index in [9.17, 15) is 4.79 Å². The molecule has 0 heterocycles. The van der Waals surface area contributed by atoms with Gasteiger partial charge in [-0.05, 0) is 30.7 Å². The molecule has 3 nitrogen and oxygen atoms in total. The molecule has 0 spiro atoms. The lowest BCUT2D eigenvalue weighted by Crippen LogP contribution is -2.20. The van der Waals surface area contributed by atoms with Crippen LogP contribution in [0, 0.1) is 11.8 Å². The summed E-state index contributed by atoms with van der Waals surface area (Å²) >= 11 is 0. The Morgan fingerprint density at radius 1 is 1.35 bits per heavy atom. The Kier molecular flexibility index (Phi) is 5.84. The zero-order valence-electron chi connectivity index (χ0n) is 10.1. The van der Waals surface area contributed by atoms with Gasteiger partial charge in [0.15, 0.2) is 0 Å². The Labute approximate surface area is 102 Å². The van der Waals surface area contributed by atoms with Crippen molar-refractivity contribution in [1.82, 2.24) is 5.32 Å². The highest BCUT2D eigenvalue weighted by molar-refractivity contribution is 5.72. The van der Waals surface area contributed by atoms with Crippen LogP contribution < -0.4 is 11.1 Å². The molecule has 0 aliphatic rings. The van der Waals surface area contributed by atoms with Gasteiger partial charge in [-0.1, -0.05) is 24.0 Å². The second-order valence-electron chi connectivity index (χ2n) is 3.77. The maximum absolute atomic E-state index is 10.6. The summed E-state index contributed by atoms with van der Waals surface area (Å²) in [6, 6.07) is 8.09. The van der Waals surface area contributed by atoms with Gasteiger partial charge in [0.2, 0.25) is 5.91 Å². The number of nitrogens with two attached hydrogens (primary N) is 1. The molecule has 0 aliphatic heterocycles. The number of carbonyl (C=O) groups is 1. The van der Waals surface area contributed by atoms with Gasteiger partial charge < -0.3 is 11.1 Å². The SMILES string of the molecule is CC(=O)NCCC#Cc1ccc(CCN)cc1. The number of hydrogen-bond acceptors (Lipinski definition) is 2. The Morgan fingerprint density at radius 3 is 2.65 bits per heavy atom. The molecular weight excluding hydrogens is 212 g/mol. The lowest BCUT2D eigenvalue weighted by molar-refractivity contribution is -0.118. The van der Waals surface area contributed by atoms with E-state index in [4.69, 9.17) is 5.73 Å². The van der Waals surface area contributed by atoms with Crippen LogP contribution in [-0.4, -0.2) is 19.0 Å². The van der Waals surface area contributed by atoms with E-state index in [1.165, 1.54) is 12.5 Å². The van der Waals surface area contributed by atoms with Crippen LogP contribution in [0.4, 0.5) is 0 Å². The average molecular weight is 230 g/mol. The van der Waals surface area contributed by atoms with Gasteiger partial charge in [0.25, 0.3) is 0 Å². The molecule has 0 atom stereocenters. The van der Waals surface area contributed by atoms with Crippen molar-refractivity contribution in [3.8, 4) is 11.8 Å². The smallest absolute Gasteiger partial charge is 0.216 e. The molecule has 0 aromatic heterocycles. The Bertz CT molecular complexity index is 412. The van der Waals surface area contributed by atoms with Crippen LogP contribution in [0.15, 0.2) is 24.3 Å². The van der Waals surface area contributed by atoms with Crippen LogP contribution >= 0.6 is 0 Å². The van der Waals surface area contributed by atoms with Crippen molar-refractivity contribution < 1.29 is 4.79 Å². The Hall–Kier alpha value is -1.79. The maximum atomic E-state index is 10.6. The number of carbonyl (C=O) groups excluding carboxylic acids is 1. The lowest BCUT2D eigenvalue weighted by atomic mass is 10.1. The third-order valence-corrected chi connectivity index (χ3v) is 2.24. The molecule has 17 heavy (non-hydrogen) atoms. The fourth-order valence-corrected chi connectivity index (χ4v) is 1.39. The van der Waals surface area contributed by atoms with Crippen molar-refractivity contribution >= 4 is 5.91 Å². The first kappa shape index (κ1) is 13.3. The molecule has 3 N–H and O–H groups in total. The molecule has 0 fully saturated rings. The zero-order chi connectivity index (χ0) is 12.5. The zero-order valence-corrected chi connectivity index (χ0v) is 10.1. The van der Waals surface area contributed by atoms with Gasteiger partial charge in [-0.2, -0.15) is 0 Å². The van der Waals surface area contributed by atoms with Gasteiger partial charge in [0.1, 0.15) is 0 Å². The number of nitrogens with one attached hydrogen (secondary N) is 1. The van der Waals surface area contributed by atoms with Crippen molar-refractivity contribution in [3.05, 3.63) is 35.4 Å². The highest BCUT2D eigenvalue weighted by Gasteiger charge is 1.91. The second-order valence-corrected chi connectivity index (χ2v) is 3.77. The molecule has 0 saturated heterocycles. The largest absolute Gasteiger partial charge is 0.355 e. The van der Waals surface area contributed by atoms with Crippen LogP contribution in [0.3, 0.4) is 0 Å². The molecule has 1 aromatic rings. The molecule has 1 rings (SSSR count). The van der Waals surface area contributed by atoms with E-state index >= 15 is 0 Å². The summed E-state index contributed by atoms with van der Waals surface area (Å²) in [7, 11) is 0. The van der Waals surface area contributed by atoms with Crippen LogP contribution in [0.2, 0.25) is 0 Å². The van der Waals surface area contributed by atoms with Crippen LogP contribution in [0.25, 0.3) is 0 Å². The van der Waals surface area contributed by atoms with Gasteiger partial charge in [0, 0.05) is 25.5 Å². The summed E-state index contributed by atoms with van der Waals surface area (Å²) in [5, 5.41) is 2.70. The lowest BCUT2D eigenvalue weighted by Gasteiger charge is -1.98. The minimum absolute atomic E-state index is 0.0158. The van der Waals surface area contributed by atoms with E-state index in [1.807, 2.05) is 24.3 Å². The minimum atomic E-state index is -0.0158. The van der Waals surface area contributed by atoms with E-state index < -0.39 is 0 Å². The number of rotatable bonds is 4. The summed E-state index contributed by atoms with van der Waals surface area (Å²) in [5.74, 6) is 6.06. The summed E-state index contributed by atoms with van der Waals surface area (Å²) in [4.78, 5) is 10.6. The van der Waals surface area contributed by atoms with Gasteiger partial charge in [-0.25, -0.2) is 0 Å². The third-order valence-electron chi connectivity index (χ3n) is 2.24. The minimum Gasteiger partial charge on any atom is -0.355 e. The first-order valence-electron chi connectivity index (χ1n) is 5.74. The van der Waals surface area contributed by atoms with Gasteiger partial charge >= 0.3 is 0 Å². The fourth-order valence-electron chi connectivity index (χ4n) is 1.39. The third kappa shape index (κ3) is 5.74. The maximum Gasteiger partial charge on any atom is 0.216 e. The monoisotopic (exact) mass is 230 g/mol. The highest BCUT2D eigenvalue weighted by Crippen LogP contribution is 2.03. The fraction of sp³-hybridized carbons (Fsp3) is 0.357. The first-order valence-corrected chi connectivity index (χ1v) is 5.74. The van der Waals surface area contributed by atoms with Crippen LogP contribution in [0.5, 0.6) is 0 Å². The molecule has 0 saturated carbocycles. The van der Waals surface area contributed by atoms with Crippen LogP contribution in [0.1, 0.15) is 24.5 Å². The average Bonchev–Trinajstić information content (AvgIpc) is 2.31. The van der Waals surface area contributed by atoms with Crippen molar-refractivity contribution in [1.29, 1.82) is 0 Å². The predicted molar refractivity (Wildman–Crippen MR) is 69.4 cm³/mol. The second kappa shape index (κ2) is 7.48. The molecule has 1 amide bonds. The van der Waals surface area contributed by atoms with Crippen molar-refractivity contribution in [2.24, 2.45) is 5.73 Å². The van der Waals surface area contributed by atoms with Crippen LogP contribution in [-0.2, 0) is 11.2 Å². The van der Waals surface area contributed by atoms with E-state index in [0.717, 1.165) is 12.0 Å². The normalized spacial score (nSPS) is 9.29. The summed E-state index contributed by atoms with van der Waals surface area (Å²) in [5.41, 5.74) is 7.70. The topological polar surface area (TPSA) is 55.1 Å². The number of hydrogen-bond donors (Lipinski definition) is 2. The summed E-state index contributed by atoms with van der Waals surface area (Å²) in [6.07, 6.45) is 1.57. The highest BCUT2D eigenvalue weighted by atomic mass is 16.1. The van der Waals surface area contributed by atoms with E-state index in [1.54, 1.807) is 0 Å². The molecule has 0 aliphatic carbocycles. The molecule has 0 radical (unpaired) electrons.